The Kier molecular flexibility index (Phi) is 2.74. The minimum Gasteiger partial charge on any atom is -0.496 e. The zero-order chi connectivity index (χ0) is 9.84. The molecular formula is C9H7FO3. The molecule has 4 heteroatoms. The molecule has 13 heavy (non-hydrogen) atoms. The fourth-order valence-electron chi connectivity index (χ4n) is 0.964. The third-order valence-electron chi connectivity index (χ3n) is 1.59. The first kappa shape index (κ1) is 9.38. The Labute approximate surface area is 74.1 Å². The average molecular weight is 182 g/mol. The molecule has 1 rings (SSSR count). The zero-order valence-corrected chi connectivity index (χ0v) is 6.91. The molecule has 0 aliphatic carbocycles. The molecule has 0 saturated heterocycles. The summed E-state index contributed by atoms with van der Waals surface area (Å²) < 4.78 is 17.7. The van der Waals surface area contributed by atoms with E-state index >= 15 is 0 Å². The van der Waals surface area contributed by atoms with Crippen LogP contribution in [0.25, 0.3) is 0 Å². The van der Waals surface area contributed by atoms with E-state index < -0.39 is 5.82 Å². The lowest BCUT2D eigenvalue weighted by Gasteiger charge is -2.04. The first-order valence-corrected chi connectivity index (χ1v) is 3.50. The van der Waals surface area contributed by atoms with Gasteiger partial charge in [-0.3, -0.25) is 9.59 Å². The summed E-state index contributed by atoms with van der Waals surface area (Å²) in [5.74, 6) is -0.687. The van der Waals surface area contributed by atoms with Crippen LogP contribution in [-0.4, -0.2) is 19.7 Å². The molecular weight excluding hydrogens is 175 g/mol. The number of rotatable bonds is 3. The Hall–Kier alpha value is -1.71. The Morgan fingerprint density at radius 2 is 2.00 bits per heavy atom. The van der Waals surface area contributed by atoms with E-state index in [4.69, 9.17) is 4.74 Å². The van der Waals surface area contributed by atoms with Crippen molar-refractivity contribution in [2.24, 2.45) is 0 Å². The van der Waals surface area contributed by atoms with Gasteiger partial charge in [0.1, 0.15) is 17.9 Å². The Morgan fingerprint density at radius 3 is 2.46 bits per heavy atom. The lowest BCUT2D eigenvalue weighted by Crippen LogP contribution is -1.96. The van der Waals surface area contributed by atoms with Crippen LogP contribution in [0.1, 0.15) is 20.7 Å². The van der Waals surface area contributed by atoms with Gasteiger partial charge in [0.2, 0.25) is 0 Å². The van der Waals surface area contributed by atoms with E-state index in [1.165, 1.54) is 13.2 Å². The minimum absolute atomic E-state index is 0.0668. The van der Waals surface area contributed by atoms with Gasteiger partial charge >= 0.3 is 0 Å². The average Bonchev–Trinajstić information content (AvgIpc) is 2.16. The minimum atomic E-state index is -0.753. The van der Waals surface area contributed by atoms with Gasteiger partial charge in [0.25, 0.3) is 0 Å². The molecule has 0 aliphatic rings. The molecule has 0 aliphatic heterocycles. The maximum atomic E-state index is 13.0. The molecule has 1 aromatic rings. The van der Waals surface area contributed by atoms with Gasteiger partial charge in [0.15, 0.2) is 6.29 Å². The molecule has 0 amide bonds. The molecule has 0 unspecified atom stereocenters. The lowest BCUT2D eigenvalue weighted by molar-refractivity contribution is 0.110. The second kappa shape index (κ2) is 3.80. The van der Waals surface area contributed by atoms with Gasteiger partial charge < -0.3 is 4.74 Å². The van der Waals surface area contributed by atoms with E-state index in [-0.39, 0.29) is 16.9 Å². The predicted molar refractivity (Wildman–Crippen MR) is 43.7 cm³/mol. The monoisotopic (exact) mass is 182 g/mol. The SMILES string of the molecule is COc1cc(C=O)cc(F)c1C=O. The van der Waals surface area contributed by atoms with E-state index in [9.17, 15) is 14.0 Å². The van der Waals surface area contributed by atoms with Crippen LogP contribution in [0.5, 0.6) is 5.75 Å². The van der Waals surface area contributed by atoms with E-state index in [0.29, 0.717) is 12.6 Å². The van der Waals surface area contributed by atoms with Crippen molar-refractivity contribution < 1.29 is 18.7 Å². The number of carbonyl (C=O) groups is 2. The van der Waals surface area contributed by atoms with Crippen LogP contribution in [0.3, 0.4) is 0 Å². The summed E-state index contributed by atoms with van der Waals surface area (Å²) in [4.78, 5) is 20.7. The Morgan fingerprint density at radius 1 is 1.31 bits per heavy atom. The van der Waals surface area contributed by atoms with E-state index in [0.717, 1.165) is 6.07 Å². The van der Waals surface area contributed by atoms with Crippen molar-refractivity contribution in [1.29, 1.82) is 0 Å². The fraction of sp³-hybridized carbons (Fsp3) is 0.111. The molecule has 0 saturated carbocycles. The first-order valence-electron chi connectivity index (χ1n) is 3.50. The van der Waals surface area contributed by atoms with Crippen molar-refractivity contribution >= 4 is 12.6 Å². The summed E-state index contributed by atoms with van der Waals surface area (Å²) in [7, 11) is 1.30. The number of methoxy groups -OCH3 is 1. The normalized spacial score (nSPS) is 9.38. The maximum absolute atomic E-state index is 13.0. The summed E-state index contributed by atoms with van der Waals surface area (Å²) >= 11 is 0. The van der Waals surface area contributed by atoms with Gasteiger partial charge in [0, 0.05) is 5.56 Å². The quantitative estimate of drug-likeness (QED) is 0.664. The van der Waals surface area contributed by atoms with E-state index in [1.54, 1.807) is 0 Å². The summed E-state index contributed by atoms with van der Waals surface area (Å²) in [6, 6.07) is 2.29. The molecule has 3 nitrogen and oxygen atoms in total. The van der Waals surface area contributed by atoms with Crippen molar-refractivity contribution in [3.63, 3.8) is 0 Å². The molecule has 0 N–H and O–H groups in total. The molecule has 0 fully saturated rings. The summed E-state index contributed by atoms with van der Waals surface area (Å²) in [5.41, 5.74) is -0.0342. The molecule has 0 bridgehead atoms. The summed E-state index contributed by atoms with van der Waals surface area (Å²) in [6.45, 7) is 0. The fourth-order valence-corrected chi connectivity index (χ4v) is 0.964. The second-order valence-corrected chi connectivity index (χ2v) is 2.35. The molecule has 0 radical (unpaired) electrons. The molecule has 68 valence electrons. The zero-order valence-electron chi connectivity index (χ0n) is 6.91. The third-order valence-corrected chi connectivity index (χ3v) is 1.59. The smallest absolute Gasteiger partial charge is 0.156 e. The number of carbonyl (C=O) groups excluding carboxylic acids is 2. The molecule has 0 spiro atoms. The predicted octanol–water partition coefficient (Wildman–Crippen LogP) is 1.46. The summed E-state index contributed by atoms with van der Waals surface area (Å²) in [5, 5.41) is 0. The van der Waals surface area contributed by atoms with Crippen LogP contribution in [-0.2, 0) is 0 Å². The van der Waals surface area contributed by atoms with Gasteiger partial charge in [-0.25, -0.2) is 4.39 Å². The van der Waals surface area contributed by atoms with Gasteiger partial charge in [-0.2, -0.15) is 0 Å². The van der Waals surface area contributed by atoms with Gasteiger partial charge in [-0.1, -0.05) is 0 Å². The van der Waals surface area contributed by atoms with Gasteiger partial charge in [-0.15, -0.1) is 0 Å². The van der Waals surface area contributed by atoms with Crippen molar-refractivity contribution in [2.45, 2.75) is 0 Å². The topological polar surface area (TPSA) is 43.4 Å². The summed E-state index contributed by atoms with van der Waals surface area (Å²) in [6.07, 6.45) is 0.836. The van der Waals surface area contributed by atoms with Crippen molar-refractivity contribution in [3.8, 4) is 5.75 Å². The van der Waals surface area contributed by atoms with Crippen molar-refractivity contribution in [2.75, 3.05) is 7.11 Å². The molecule has 0 heterocycles. The van der Waals surface area contributed by atoms with Crippen molar-refractivity contribution in [3.05, 3.63) is 29.1 Å². The first-order chi connectivity index (χ1) is 6.22. The highest BCUT2D eigenvalue weighted by Gasteiger charge is 2.10. The Balaban J connectivity index is 3.36. The lowest BCUT2D eigenvalue weighted by atomic mass is 10.1. The van der Waals surface area contributed by atoms with Crippen LogP contribution >= 0.6 is 0 Å². The largest absolute Gasteiger partial charge is 0.496 e. The number of hydrogen-bond acceptors (Lipinski definition) is 3. The van der Waals surface area contributed by atoms with Crippen LogP contribution in [0.4, 0.5) is 4.39 Å². The number of aldehydes is 2. The number of ether oxygens (including phenoxy) is 1. The number of halogens is 1. The highest BCUT2D eigenvalue weighted by atomic mass is 19.1. The van der Waals surface area contributed by atoms with Crippen LogP contribution in [0.2, 0.25) is 0 Å². The van der Waals surface area contributed by atoms with E-state index in [1.807, 2.05) is 0 Å². The highest BCUT2D eigenvalue weighted by Crippen LogP contribution is 2.20. The Bertz CT molecular complexity index is 347. The van der Waals surface area contributed by atoms with E-state index in [2.05, 4.69) is 0 Å². The maximum Gasteiger partial charge on any atom is 0.156 e. The second-order valence-electron chi connectivity index (χ2n) is 2.35. The highest BCUT2D eigenvalue weighted by molar-refractivity contribution is 5.84. The van der Waals surface area contributed by atoms with Crippen molar-refractivity contribution in [1.82, 2.24) is 0 Å². The van der Waals surface area contributed by atoms with Crippen LogP contribution in [0.15, 0.2) is 12.1 Å². The third kappa shape index (κ3) is 1.72. The van der Waals surface area contributed by atoms with Gasteiger partial charge in [-0.05, 0) is 12.1 Å². The molecule has 0 atom stereocenters. The van der Waals surface area contributed by atoms with Gasteiger partial charge in [0.05, 0.1) is 12.7 Å². The number of hydrogen-bond donors (Lipinski definition) is 0. The molecule has 0 aromatic heterocycles. The molecule has 1 aromatic carbocycles. The number of benzene rings is 1. The van der Waals surface area contributed by atoms with Crippen LogP contribution in [0, 0.1) is 5.82 Å². The standard InChI is InChI=1S/C9H7FO3/c1-13-9-3-6(4-11)2-8(10)7(9)5-12/h2-5H,1H3. The van der Waals surface area contributed by atoms with Crippen LogP contribution < -0.4 is 4.74 Å².